The van der Waals surface area contributed by atoms with E-state index in [0.29, 0.717) is 5.92 Å². The Hall–Kier alpha value is -1.29. The van der Waals surface area contributed by atoms with Crippen LogP contribution >= 0.6 is 0 Å². The van der Waals surface area contributed by atoms with Crippen LogP contribution in [-0.4, -0.2) is 31.2 Å². The van der Waals surface area contributed by atoms with Crippen LogP contribution in [0.1, 0.15) is 13.3 Å². The Morgan fingerprint density at radius 1 is 1.50 bits per heavy atom. The normalized spacial score (nSPS) is 25.6. The quantitative estimate of drug-likeness (QED) is 0.817. The van der Waals surface area contributed by atoms with Crippen LogP contribution in [0.3, 0.4) is 0 Å². The minimum atomic E-state index is 0.232. The van der Waals surface area contributed by atoms with Gasteiger partial charge in [-0.15, -0.1) is 0 Å². The van der Waals surface area contributed by atoms with Gasteiger partial charge in [0.1, 0.15) is 0 Å². The van der Waals surface area contributed by atoms with Gasteiger partial charge in [0.15, 0.2) is 11.6 Å². The predicted molar refractivity (Wildman–Crippen MR) is 64.8 cm³/mol. The molecule has 0 spiro atoms. The Morgan fingerprint density at radius 3 is 3.00 bits per heavy atom. The first-order valence-corrected chi connectivity index (χ1v) is 5.70. The highest BCUT2D eigenvalue weighted by Crippen LogP contribution is 2.28. The van der Waals surface area contributed by atoms with E-state index in [1.54, 1.807) is 13.3 Å². The van der Waals surface area contributed by atoms with Gasteiger partial charge in [0.25, 0.3) is 0 Å². The second-order valence-electron chi connectivity index (χ2n) is 4.54. The van der Waals surface area contributed by atoms with Crippen molar-refractivity contribution in [2.45, 2.75) is 19.4 Å². The molecule has 4 heteroatoms. The van der Waals surface area contributed by atoms with Crippen molar-refractivity contribution in [3.8, 4) is 5.75 Å². The summed E-state index contributed by atoms with van der Waals surface area (Å²) in [5, 5.41) is 0. The monoisotopic (exact) mass is 221 g/mol. The fourth-order valence-electron chi connectivity index (χ4n) is 2.35. The maximum absolute atomic E-state index is 6.03. The van der Waals surface area contributed by atoms with Crippen LogP contribution in [0, 0.1) is 5.92 Å². The molecule has 4 nitrogen and oxygen atoms in total. The SMILES string of the molecule is COc1cccnc1N1CC(C)CC(N)C1. The fraction of sp³-hybridized carbons (Fsp3) is 0.583. The third kappa shape index (κ3) is 2.27. The van der Waals surface area contributed by atoms with E-state index in [-0.39, 0.29) is 6.04 Å². The number of piperidine rings is 1. The summed E-state index contributed by atoms with van der Waals surface area (Å²) >= 11 is 0. The molecule has 2 N–H and O–H groups in total. The molecule has 88 valence electrons. The third-order valence-corrected chi connectivity index (χ3v) is 2.96. The predicted octanol–water partition coefficient (Wildman–Crippen LogP) is 1.26. The Labute approximate surface area is 96.4 Å². The summed E-state index contributed by atoms with van der Waals surface area (Å²) in [6.45, 7) is 4.08. The third-order valence-electron chi connectivity index (χ3n) is 2.96. The summed E-state index contributed by atoms with van der Waals surface area (Å²) in [6.07, 6.45) is 2.88. The molecular formula is C12H19N3O. The van der Waals surface area contributed by atoms with Crippen LogP contribution in [-0.2, 0) is 0 Å². The van der Waals surface area contributed by atoms with Gasteiger partial charge in [-0.3, -0.25) is 0 Å². The molecule has 1 aliphatic rings. The van der Waals surface area contributed by atoms with E-state index in [1.807, 2.05) is 12.1 Å². The van der Waals surface area contributed by atoms with Gasteiger partial charge in [-0.1, -0.05) is 6.92 Å². The highest BCUT2D eigenvalue weighted by Gasteiger charge is 2.24. The molecule has 1 fully saturated rings. The second kappa shape index (κ2) is 4.70. The topological polar surface area (TPSA) is 51.4 Å². The minimum absolute atomic E-state index is 0.232. The number of nitrogens with two attached hydrogens (primary N) is 1. The lowest BCUT2D eigenvalue weighted by Crippen LogP contribution is -2.46. The maximum Gasteiger partial charge on any atom is 0.171 e. The first kappa shape index (κ1) is 11.2. The Kier molecular flexibility index (Phi) is 3.29. The van der Waals surface area contributed by atoms with E-state index >= 15 is 0 Å². The zero-order chi connectivity index (χ0) is 11.5. The van der Waals surface area contributed by atoms with E-state index in [0.717, 1.165) is 31.1 Å². The average molecular weight is 221 g/mol. The molecule has 0 bridgehead atoms. The van der Waals surface area contributed by atoms with Crippen LogP contribution in [0.25, 0.3) is 0 Å². The van der Waals surface area contributed by atoms with Crippen molar-refractivity contribution in [3.05, 3.63) is 18.3 Å². The number of hydrogen-bond donors (Lipinski definition) is 1. The zero-order valence-electron chi connectivity index (χ0n) is 9.89. The summed E-state index contributed by atoms with van der Waals surface area (Å²) in [4.78, 5) is 6.61. The molecule has 1 saturated heterocycles. The summed E-state index contributed by atoms with van der Waals surface area (Å²) in [7, 11) is 1.67. The van der Waals surface area contributed by atoms with Gasteiger partial charge in [0.2, 0.25) is 0 Å². The van der Waals surface area contributed by atoms with E-state index in [4.69, 9.17) is 10.5 Å². The van der Waals surface area contributed by atoms with E-state index in [2.05, 4.69) is 16.8 Å². The molecule has 2 rings (SSSR count). The number of nitrogens with zero attached hydrogens (tertiary/aromatic N) is 2. The Balaban J connectivity index is 2.22. The Morgan fingerprint density at radius 2 is 2.31 bits per heavy atom. The van der Waals surface area contributed by atoms with Crippen molar-refractivity contribution in [2.24, 2.45) is 11.7 Å². The van der Waals surface area contributed by atoms with Gasteiger partial charge in [-0.25, -0.2) is 4.98 Å². The summed E-state index contributed by atoms with van der Waals surface area (Å²) < 4.78 is 5.32. The van der Waals surface area contributed by atoms with Crippen LogP contribution < -0.4 is 15.4 Å². The van der Waals surface area contributed by atoms with Crippen molar-refractivity contribution < 1.29 is 4.74 Å². The second-order valence-corrected chi connectivity index (χ2v) is 4.54. The van der Waals surface area contributed by atoms with Gasteiger partial charge >= 0.3 is 0 Å². The van der Waals surface area contributed by atoms with Crippen molar-refractivity contribution in [3.63, 3.8) is 0 Å². The number of methoxy groups -OCH3 is 1. The molecule has 1 aliphatic heterocycles. The molecule has 1 aromatic rings. The largest absolute Gasteiger partial charge is 0.493 e. The smallest absolute Gasteiger partial charge is 0.171 e. The van der Waals surface area contributed by atoms with Gasteiger partial charge in [-0.05, 0) is 24.5 Å². The van der Waals surface area contributed by atoms with Crippen LogP contribution in [0.4, 0.5) is 5.82 Å². The molecule has 0 aromatic carbocycles. The Bertz CT molecular complexity index is 346. The van der Waals surface area contributed by atoms with Crippen molar-refractivity contribution >= 4 is 5.82 Å². The minimum Gasteiger partial charge on any atom is -0.493 e. The highest BCUT2D eigenvalue weighted by molar-refractivity contribution is 5.52. The van der Waals surface area contributed by atoms with Crippen molar-refractivity contribution in [1.29, 1.82) is 0 Å². The summed E-state index contributed by atoms with van der Waals surface area (Å²) in [6, 6.07) is 4.05. The lowest BCUT2D eigenvalue weighted by atomic mass is 9.96. The molecule has 0 radical (unpaired) electrons. The molecule has 0 amide bonds. The van der Waals surface area contributed by atoms with Gasteiger partial charge in [-0.2, -0.15) is 0 Å². The molecular weight excluding hydrogens is 202 g/mol. The lowest BCUT2D eigenvalue weighted by Gasteiger charge is -2.36. The summed E-state index contributed by atoms with van der Waals surface area (Å²) in [5.41, 5.74) is 6.03. The summed E-state index contributed by atoms with van der Waals surface area (Å²) in [5.74, 6) is 2.34. The number of hydrogen-bond acceptors (Lipinski definition) is 4. The molecule has 2 unspecified atom stereocenters. The van der Waals surface area contributed by atoms with Gasteiger partial charge in [0, 0.05) is 25.3 Å². The van der Waals surface area contributed by atoms with Gasteiger partial charge in [0.05, 0.1) is 7.11 Å². The number of pyridine rings is 1. The van der Waals surface area contributed by atoms with Crippen LogP contribution in [0.2, 0.25) is 0 Å². The van der Waals surface area contributed by atoms with Gasteiger partial charge < -0.3 is 15.4 Å². The number of aromatic nitrogens is 1. The number of anilines is 1. The molecule has 2 atom stereocenters. The average Bonchev–Trinajstić information content (AvgIpc) is 2.27. The first-order valence-electron chi connectivity index (χ1n) is 5.70. The van der Waals surface area contributed by atoms with E-state index in [9.17, 15) is 0 Å². The molecule has 2 heterocycles. The lowest BCUT2D eigenvalue weighted by molar-refractivity contribution is 0.384. The van der Waals surface area contributed by atoms with E-state index in [1.165, 1.54) is 0 Å². The van der Waals surface area contributed by atoms with E-state index < -0.39 is 0 Å². The highest BCUT2D eigenvalue weighted by atomic mass is 16.5. The van der Waals surface area contributed by atoms with Crippen LogP contribution in [0.15, 0.2) is 18.3 Å². The number of ether oxygens (including phenoxy) is 1. The van der Waals surface area contributed by atoms with Crippen molar-refractivity contribution in [1.82, 2.24) is 4.98 Å². The maximum atomic E-state index is 6.03. The van der Waals surface area contributed by atoms with Crippen molar-refractivity contribution in [2.75, 3.05) is 25.1 Å². The molecule has 0 aliphatic carbocycles. The fourth-order valence-corrected chi connectivity index (χ4v) is 2.35. The standard InChI is InChI=1S/C12H19N3O/c1-9-6-10(13)8-15(7-9)12-11(16-2)4-3-5-14-12/h3-5,9-10H,6-8,13H2,1-2H3. The zero-order valence-corrected chi connectivity index (χ0v) is 9.89. The molecule has 16 heavy (non-hydrogen) atoms. The molecule has 1 aromatic heterocycles. The first-order chi connectivity index (χ1) is 7.70. The van der Waals surface area contributed by atoms with Crippen LogP contribution in [0.5, 0.6) is 5.75 Å². The number of rotatable bonds is 2. The molecule has 0 saturated carbocycles.